The molecule has 0 aliphatic heterocycles. The number of aromatic hydroxyl groups is 2. The Morgan fingerprint density at radius 1 is 0.931 bits per heavy atom. The molecule has 4 nitrogen and oxygen atoms in total. The van der Waals surface area contributed by atoms with Crippen LogP contribution in [0.4, 0.5) is 0 Å². The van der Waals surface area contributed by atoms with Crippen molar-refractivity contribution in [2.24, 2.45) is 0 Å². The number of phenolic OH excluding ortho intramolecular Hbond substituents is 2. The average Bonchev–Trinajstić information content (AvgIpc) is 3.11. The number of phenols is 2. The topological polar surface area (TPSA) is 66.8 Å². The van der Waals surface area contributed by atoms with Crippen LogP contribution in [0.2, 0.25) is 0 Å². The molecule has 0 saturated heterocycles. The Morgan fingerprint density at radius 2 is 1.62 bits per heavy atom. The molecule has 0 aliphatic rings. The molecule has 0 fully saturated rings. The molecular weight excluding hydrogens is 408 g/mol. The summed E-state index contributed by atoms with van der Waals surface area (Å²) in [4.78, 5) is 14.2. The van der Waals surface area contributed by atoms with Gasteiger partial charge in [0.05, 0.1) is 5.88 Å². The number of alkyl halides is 1. The van der Waals surface area contributed by atoms with Gasteiger partial charge < -0.3 is 14.9 Å². The summed E-state index contributed by atoms with van der Waals surface area (Å²) in [5.74, 6) is 1.24. The minimum absolute atomic E-state index is 0.117. The molecule has 2 N–H and O–H groups in total. The van der Waals surface area contributed by atoms with E-state index in [0.29, 0.717) is 29.4 Å². The molecule has 3 aromatic carbocycles. The van der Waals surface area contributed by atoms with Crippen LogP contribution in [-0.4, -0.2) is 28.5 Å². The Morgan fingerprint density at radius 3 is 2.31 bits per heavy atom. The normalized spacial score (nSPS) is 10.9. The number of carbonyl (C=O) groups is 1. The fourth-order valence-electron chi connectivity index (χ4n) is 3.13. The van der Waals surface area contributed by atoms with E-state index in [1.165, 1.54) is 11.3 Å². The van der Waals surface area contributed by atoms with Gasteiger partial charge in [-0.3, -0.25) is 4.79 Å². The maximum absolute atomic E-state index is 13.4. The number of hydrogen-bond acceptors (Lipinski definition) is 5. The molecule has 1 heterocycles. The maximum Gasteiger partial charge on any atom is 0.195 e. The second-order valence-corrected chi connectivity index (χ2v) is 7.85. The molecule has 6 heteroatoms. The van der Waals surface area contributed by atoms with E-state index in [0.717, 1.165) is 20.5 Å². The first-order chi connectivity index (χ1) is 14.1. The highest BCUT2D eigenvalue weighted by Gasteiger charge is 2.22. The molecule has 1 aromatic heterocycles. The Labute approximate surface area is 176 Å². The van der Waals surface area contributed by atoms with Crippen molar-refractivity contribution in [2.45, 2.75) is 0 Å². The zero-order valence-corrected chi connectivity index (χ0v) is 16.8. The van der Waals surface area contributed by atoms with Gasteiger partial charge in [0.15, 0.2) is 5.78 Å². The van der Waals surface area contributed by atoms with Gasteiger partial charge in [-0.15, -0.1) is 22.9 Å². The van der Waals surface area contributed by atoms with E-state index in [1.807, 2.05) is 0 Å². The minimum atomic E-state index is -0.117. The third-order valence-electron chi connectivity index (χ3n) is 4.49. The van der Waals surface area contributed by atoms with E-state index in [1.54, 1.807) is 66.7 Å². The smallest absolute Gasteiger partial charge is 0.195 e. The van der Waals surface area contributed by atoms with Crippen LogP contribution in [0.15, 0.2) is 66.7 Å². The lowest BCUT2D eigenvalue weighted by molar-refractivity contribution is 0.104. The van der Waals surface area contributed by atoms with Gasteiger partial charge in [0.25, 0.3) is 0 Å². The molecule has 146 valence electrons. The fourth-order valence-corrected chi connectivity index (χ4v) is 4.45. The van der Waals surface area contributed by atoms with Crippen LogP contribution in [0.1, 0.15) is 15.9 Å². The Kier molecular flexibility index (Phi) is 5.43. The summed E-state index contributed by atoms with van der Waals surface area (Å²) in [6.07, 6.45) is 0. The van der Waals surface area contributed by atoms with Crippen molar-refractivity contribution in [3.05, 3.63) is 77.9 Å². The lowest BCUT2D eigenvalue weighted by Gasteiger charge is -2.07. The predicted molar refractivity (Wildman–Crippen MR) is 117 cm³/mol. The van der Waals surface area contributed by atoms with Crippen LogP contribution in [0.5, 0.6) is 17.2 Å². The van der Waals surface area contributed by atoms with E-state index in [2.05, 4.69) is 0 Å². The quantitative estimate of drug-likeness (QED) is 0.302. The van der Waals surface area contributed by atoms with Crippen molar-refractivity contribution in [2.75, 3.05) is 12.5 Å². The molecule has 0 saturated carbocycles. The monoisotopic (exact) mass is 424 g/mol. The minimum Gasteiger partial charge on any atom is -0.508 e. The summed E-state index contributed by atoms with van der Waals surface area (Å²) in [7, 11) is 0. The van der Waals surface area contributed by atoms with Crippen molar-refractivity contribution in [1.29, 1.82) is 0 Å². The summed E-state index contributed by atoms with van der Waals surface area (Å²) < 4.78 is 6.29. The van der Waals surface area contributed by atoms with Crippen molar-refractivity contribution in [3.8, 4) is 27.7 Å². The SMILES string of the molecule is O=C(c1ccc(OCCCl)cc1)c1c(-c2ccc(O)cc2)sc2cc(O)ccc12. The largest absolute Gasteiger partial charge is 0.508 e. The third-order valence-corrected chi connectivity index (χ3v) is 5.85. The Bertz CT molecular complexity index is 1160. The number of ketones is 1. The second-order valence-electron chi connectivity index (χ2n) is 6.42. The molecule has 29 heavy (non-hydrogen) atoms. The first-order valence-electron chi connectivity index (χ1n) is 8.95. The Hall–Kier alpha value is -3.02. The average molecular weight is 425 g/mol. The van der Waals surface area contributed by atoms with Crippen LogP contribution in [0.3, 0.4) is 0 Å². The highest BCUT2D eigenvalue weighted by atomic mass is 35.5. The number of benzene rings is 3. The van der Waals surface area contributed by atoms with Gasteiger partial charge in [0.2, 0.25) is 0 Å². The predicted octanol–water partition coefficient (Wildman–Crippen LogP) is 5.83. The summed E-state index contributed by atoms with van der Waals surface area (Å²) in [5.41, 5.74) is 1.94. The number of carbonyl (C=O) groups excluding carboxylic acids is 1. The zero-order chi connectivity index (χ0) is 20.4. The first kappa shape index (κ1) is 19.3. The number of rotatable bonds is 6. The first-order valence-corrected chi connectivity index (χ1v) is 10.3. The molecule has 0 atom stereocenters. The number of halogens is 1. The van der Waals surface area contributed by atoms with Crippen LogP contribution in [-0.2, 0) is 0 Å². The van der Waals surface area contributed by atoms with Crippen molar-refractivity contribution >= 4 is 38.8 Å². The lowest BCUT2D eigenvalue weighted by Crippen LogP contribution is -2.03. The Balaban J connectivity index is 1.81. The lowest BCUT2D eigenvalue weighted by atomic mass is 9.97. The fraction of sp³-hybridized carbons (Fsp3) is 0.0870. The zero-order valence-electron chi connectivity index (χ0n) is 15.3. The van der Waals surface area contributed by atoms with Gasteiger partial charge in [-0.05, 0) is 72.3 Å². The molecule has 0 spiro atoms. The highest BCUT2D eigenvalue weighted by Crippen LogP contribution is 2.41. The van der Waals surface area contributed by atoms with E-state index < -0.39 is 0 Å². The highest BCUT2D eigenvalue weighted by molar-refractivity contribution is 7.22. The van der Waals surface area contributed by atoms with Gasteiger partial charge >= 0.3 is 0 Å². The van der Waals surface area contributed by atoms with Crippen LogP contribution in [0.25, 0.3) is 20.5 Å². The van der Waals surface area contributed by atoms with E-state index >= 15 is 0 Å². The molecular formula is C23H17ClO4S. The molecule has 0 bridgehead atoms. The summed E-state index contributed by atoms with van der Waals surface area (Å²) >= 11 is 7.07. The standard InChI is InChI=1S/C23H17ClO4S/c24-11-12-28-18-8-3-14(4-9-18)22(27)21-19-10-7-17(26)13-20(19)29-23(21)15-1-5-16(25)6-2-15/h1-10,13,25-26H,11-12H2. The summed E-state index contributed by atoms with van der Waals surface area (Å²) in [6, 6.07) is 18.7. The number of fused-ring (bicyclic) bond motifs is 1. The second kappa shape index (κ2) is 8.15. The number of thiophene rings is 1. The number of hydrogen-bond donors (Lipinski definition) is 2. The third kappa shape index (κ3) is 3.92. The van der Waals surface area contributed by atoms with Gasteiger partial charge in [0.1, 0.15) is 23.9 Å². The van der Waals surface area contributed by atoms with E-state index in [9.17, 15) is 15.0 Å². The summed E-state index contributed by atoms with van der Waals surface area (Å²) in [5, 5.41) is 20.2. The molecule has 0 amide bonds. The van der Waals surface area contributed by atoms with Gasteiger partial charge in [0, 0.05) is 26.1 Å². The van der Waals surface area contributed by atoms with E-state index in [4.69, 9.17) is 16.3 Å². The molecule has 0 aliphatic carbocycles. The molecule has 4 aromatic rings. The van der Waals surface area contributed by atoms with Gasteiger partial charge in [-0.1, -0.05) is 0 Å². The summed E-state index contributed by atoms with van der Waals surface area (Å²) in [6.45, 7) is 0.401. The van der Waals surface area contributed by atoms with Crippen molar-refractivity contribution in [3.63, 3.8) is 0 Å². The molecule has 4 rings (SSSR count). The van der Waals surface area contributed by atoms with E-state index in [-0.39, 0.29) is 17.3 Å². The van der Waals surface area contributed by atoms with Gasteiger partial charge in [-0.25, -0.2) is 0 Å². The maximum atomic E-state index is 13.4. The van der Waals surface area contributed by atoms with Crippen LogP contribution < -0.4 is 4.74 Å². The molecule has 0 unspecified atom stereocenters. The van der Waals surface area contributed by atoms with Gasteiger partial charge in [-0.2, -0.15) is 0 Å². The number of ether oxygens (including phenoxy) is 1. The van der Waals surface area contributed by atoms with Crippen molar-refractivity contribution < 1.29 is 19.7 Å². The molecule has 0 radical (unpaired) electrons. The van der Waals surface area contributed by atoms with Crippen molar-refractivity contribution in [1.82, 2.24) is 0 Å². The van der Waals surface area contributed by atoms with Crippen LogP contribution >= 0.6 is 22.9 Å². The van der Waals surface area contributed by atoms with Crippen LogP contribution in [0, 0.1) is 0 Å².